The first-order chi connectivity index (χ1) is 8.22. The van der Waals surface area contributed by atoms with E-state index in [1.165, 1.54) is 0 Å². The van der Waals surface area contributed by atoms with Crippen molar-refractivity contribution < 1.29 is 9.15 Å². The van der Waals surface area contributed by atoms with Gasteiger partial charge in [0.15, 0.2) is 6.39 Å². The Hall–Kier alpha value is -0.870. The van der Waals surface area contributed by atoms with E-state index < -0.39 is 0 Å². The molecule has 1 aromatic heterocycles. The zero-order valence-electron chi connectivity index (χ0n) is 10.9. The molecule has 0 aromatic carbocycles. The van der Waals surface area contributed by atoms with Gasteiger partial charge in [0.25, 0.3) is 0 Å². The highest BCUT2D eigenvalue weighted by atomic mass is 16.5. The average molecular weight is 238 g/mol. The van der Waals surface area contributed by atoms with Crippen molar-refractivity contribution >= 4 is 0 Å². The van der Waals surface area contributed by atoms with Gasteiger partial charge in [0.2, 0.25) is 0 Å². The Bertz CT molecular complexity index is 349. The number of hydrogen-bond donors (Lipinski definition) is 1. The molecule has 0 radical (unpaired) electrons. The molecule has 1 aromatic rings. The molecule has 1 fully saturated rings. The molecule has 0 bridgehead atoms. The minimum absolute atomic E-state index is 0.292. The molecule has 1 aliphatic rings. The van der Waals surface area contributed by atoms with Crippen molar-refractivity contribution in [3.63, 3.8) is 0 Å². The van der Waals surface area contributed by atoms with Crippen LogP contribution in [0.1, 0.15) is 51.0 Å². The zero-order chi connectivity index (χ0) is 12.3. The van der Waals surface area contributed by atoms with Crippen molar-refractivity contribution in [3.05, 3.63) is 17.8 Å². The first kappa shape index (κ1) is 12.6. The molecule has 0 saturated carbocycles. The highest BCUT2D eigenvalue weighted by Gasteiger charge is 2.32. The summed E-state index contributed by atoms with van der Waals surface area (Å²) in [6.07, 6.45) is 3.92. The molecule has 2 heterocycles. The molecule has 2 unspecified atom stereocenters. The predicted molar refractivity (Wildman–Crippen MR) is 65.9 cm³/mol. The van der Waals surface area contributed by atoms with E-state index in [9.17, 15) is 0 Å². The monoisotopic (exact) mass is 238 g/mol. The number of aromatic nitrogens is 1. The molecule has 0 spiro atoms. The average Bonchev–Trinajstić information content (AvgIpc) is 2.93. The second-order valence-corrected chi connectivity index (χ2v) is 4.91. The Morgan fingerprint density at radius 2 is 2.35 bits per heavy atom. The van der Waals surface area contributed by atoms with E-state index in [0.717, 1.165) is 37.4 Å². The van der Waals surface area contributed by atoms with Crippen molar-refractivity contribution in [2.24, 2.45) is 0 Å². The van der Waals surface area contributed by atoms with Crippen molar-refractivity contribution in [1.29, 1.82) is 0 Å². The summed E-state index contributed by atoms with van der Waals surface area (Å²) in [4.78, 5) is 4.32. The van der Waals surface area contributed by atoms with Gasteiger partial charge >= 0.3 is 0 Å². The molecule has 96 valence electrons. The third-order valence-electron chi connectivity index (χ3n) is 3.30. The van der Waals surface area contributed by atoms with E-state index in [-0.39, 0.29) is 0 Å². The lowest BCUT2D eigenvalue weighted by Gasteiger charge is -2.16. The van der Waals surface area contributed by atoms with Crippen molar-refractivity contribution in [1.82, 2.24) is 10.3 Å². The van der Waals surface area contributed by atoms with Crippen LogP contribution in [0.2, 0.25) is 0 Å². The summed E-state index contributed by atoms with van der Waals surface area (Å²) in [6.45, 7) is 8.03. The molecule has 1 N–H and O–H groups in total. The minimum Gasteiger partial charge on any atom is -0.448 e. The van der Waals surface area contributed by atoms with Crippen LogP contribution in [-0.2, 0) is 11.3 Å². The maximum absolute atomic E-state index is 5.71. The van der Waals surface area contributed by atoms with Crippen LogP contribution in [0.4, 0.5) is 0 Å². The van der Waals surface area contributed by atoms with Gasteiger partial charge in [0.05, 0.1) is 11.8 Å². The van der Waals surface area contributed by atoms with E-state index in [0.29, 0.717) is 18.1 Å². The summed E-state index contributed by atoms with van der Waals surface area (Å²) in [5.74, 6) is 1.40. The molecule has 2 rings (SSSR count). The SMILES string of the molecule is CCC1OCCC1c1ocnc1CNC(C)C. The molecule has 0 aliphatic carbocycles. The molecular weight excluding hydrogens is 216 g/mol. The Morgan fingerprint density at radius 1 is 1.53 bits per heavy atom. The largest absolute Gasteiger partial charge is 0.448 e. The Balaban J connectivity index is 2.07. The number of rotatable bonds is 5. The number of oxazole rings is 1. The zero-order valence-corrected chi connectivity index (χ0v) is 10.9. The van der Waals surface area contributed by atoms with Gasteiger partial charge in [-0.25, -0.2) is 4.98 Å². The first-order valence-electron chi connectivity index (χ1n) is 6.49. The Kier molecular flexibility index (Phi) is 4.18. The van der Waals surface area contributed by atoms with Gasteiger partial charge in [0, 0.05) is 25.1 Å². The van der Waals surface area contributed by atoms with E-state index >= 15 is 0 Å². The lowest BCUT2D eigenvalue weighted by Crippen LogP contribution is -2.23. The lowest BCUT2D eigenvalue weighted by molar-refractivity contribution is 0.0971. The third kappa shape index (κ3) is 2.87. The van der Waals surface area contributed by atoms with Crippen LogP contribution in [0.15, 0.2) is 10.8 Å². The van der Waals surface area contributed by atoms with Gasteiger partial charge in [-0.15, -0.1) is 0 Å². The molecule has 1 saturated heterocycles. The van der Waals surface area contributed by atoms with Crippen molar-refractivity contribution in [3.8, 4) is 0 Å². The van der Waals surface area contributed by atoms with Crippen molar-refractivity contribution in [2.75, 3.05) is 6.61 Å². The van der Waals surface area contributed by atoms with Gasteiger partial charge in [-0.1, -0.05) is 20.8 Å². The van der Waals surface area contributed by atoms with Crippen molar-refractivity contribution in [2.45, 2.75) is 58.2 Å². The van der Waals surface area contributed by atoms with Gasteiger partial charge in [0.1, 0.15) is 5.76 Å². The predicted octanol–water partition coefficient (Wildman–Crippen LogP) is 2.46. The van der Waals surface area contributed by atoms with Crippen LogP contribution >= 0.6 is 0 Å². The molecule has 4 nitrogen and oxygen atoms in total. The van der Waals surface area contributed by atoms with E-state index in [2.05, 4.69) is 31.1 Å². The second kappa shape index (κ2) is 5.65. The fourth-order valence-electron chi connectivity index (χ4n) is 2.36. The molecule has 0 amide bonds. The van der Waals surface area contributed by atoms with E-state index in [1.54, 1.807) is 6.39 Å². The quantitative estimate of drug-likeness (QED) is 0.856. The summed E-state index contributed by atoms with van der Waals surface area (Å²) in [7, 11) is 0. The third-order valence-corrected chi connectivity index (χ3v) is 3.30. The molecule has 17 heavy (non-hydrogen) atoms. The van der Waals surface area contributed by atoms with Crippen LogP contribution in [-0.4, -0.2) is 23.7 Å². The summed E-state index contributed by atoms with van der Waals surface area (Å²) in [5.41, 5.74) is 1.03. The van der Waals surface area contributed by atoms with Gasteiger partial charge < -0.3 is 14.5 Å². The topological polar surface area (TPSA) is 47.3 Å². The van der Waals surface area contributed by atoms with Gasteiger partial charge in [-0.3, -0.25) is 0 Å². The van der Waals surface area contributed by atoms with Crippen LogP contribution < -0.4 is 5.32 Å². The number of hydrogen-bond acceptors (Lipinski definition) is 4. The number of nitrogens with one attached hydrogen (secondary N) is 1. The summed E-state index contributed by atoms with van der Waals surface area (Å²) in [6, 6.07) is 0.460. The molecule has 2 atom stereocenters. The van der Waals surface area contributed by atoms with Crippen LogP contribution in [0.3, 0.4) is 0 Å². The second-order valence-electron chi connectivity index (χ2n) is 4.91. The standard InChI is InChI=1S/C13H22N2O2/c1-4-12-10(5-6-16-12)13-11(15-8-17-13)7-14-9(2)3/h8-10,12,14H,4-7H2,1-3H3. The normalized spacial score (nSPS) is 24.7. The van der Waals surface area contributed by atoms with Crippen LogP contribution in [0.5, 0.6) is 0 Å². The first-order valence-corrected chi connectivity index (χ1v) is 6.49. The molecule has 1 aliphatic heterocycles. The van der Waals surface area contributed by atoms with E-state index in [1.807, 2.05) is 0 Å². The fraction of sp³-hybridized carbons (Fsp3) is 0.769. The summed E-state index contributed by atoms with van der Waals surface area (Å²) < 4.78 is 11.3. The summed E-state index contributed by atoms with van der Waals surface area (Å²) >= 11 is 0. The molecular formula is C13H22N2O2. The van der Waals surface area contributed by atoms with Crippen LogP contribution in [0.25, 0.3) is 0 Å². The highest BCUT2D eigenvalue weighted by Crippen LogP contribution is 2.34. The minimum atomic E-state index is 0.292. The maximum atomic E-state index is 5.71. The highest BCUT2D eigenvalue weighted by molar-refractivity contribution is 5.15. The lowest BCUT2D eigenvalue weighted by atomic mass is 9.95. The number of ether oxygens (including phenoxy) is 1. The Morgan fingerprint density at radius 3 is 3.06 bits per heavy atom. The number of nitrogens with zero attached hydrogens (tertiary/aromatic N) is 1. The smallest absolute Gasteiger partial charge is 0.181 e. The van der Waals surface area contributed by atoms with Crippen LogP contribution in [0, 0.1) is 0 Å². The maximum Gasteiger partial charge on any atom is 0.181 e. The van der Waals surface area contributed by atoms with Gasteiger partial charge in [-0.2, -0.15) is 0 Å². The Labute approximate surface area is 103 Å². The fourth-order valence-corrected chi connectivity index (χ4v) is 2.36. The van der Waals surface area contributed by atoms with Gasteiger partial charge in [-0.05, 0) is 12.8 Å². The van der Waals surface area contributed by atoms with E-state index in [4.69, 9.17) is 9.15 Å². The summed E-state index contributed by atoms with van der Waals surface area (Å²) in [5, 5.41) is 3.38. The molecule has 4 heteroatoms.